The smallest absolute Gasteiger partial charge is 0.342 e. The molecule has 9 nitrogen and oxygen atoms in total. The number of benzene rings is 1. The van der Waals surface area contributed by atoms with Crippen molar-refractivity contribution in [1.29, 1.82) is 0 Å². The third kappa shape index (κ3) is 4.02. The molecule has 1 aromatic carbocycles. The summed E-state index contributed by atoms with van der Waals surface area (Å²) in [6.07, 6.45) is 3.52. The van der Waals surface area contributed by atoms with Gasteiger partial charge >= 0.3 is 5.97 Å². The summed E-state index contributed by atoms with van der Waals surface area (Å²) < 4.78 is 0. The molecule has 0 amide bonds. The van der Waals surface area contributed by atoms with Crippen LogP contribution in [0.1, 0.15) is 24.2 Å². The Bertz CT molecular complexity index is 873. The predicted octanol–water partition coefficient (Wildman–Crippen LogP) is 2.84. The van der Waals surface area contributed by atoms with Crippen molar-refractivity contribution in [1.82, 2.24) is 15.2 Å². The van der Waals surface area contributed by atoms with Gasteiger partial charge in [0.05, 0.1) is 4.92 Å². The fraction of sp³-hybridized carbons (Fsp3) is 0.312. The number of rotatable bonds is 6. The van der Waals surface area contributed by atoms with Gasteiger partial charge in [0.2, 0.25) is 5.16 Å². The molecule has 26 heavy (non-hydrogen) atoms. The maximum Gasteiger partial charge on any atom is 0.342 e. The highest BCUT2D eigenvalue weighted by molar-refractivity contribution is 8.04. The normalized spacial score (nSPS) is 14.7. The number of aliphatic carboxylic acids is 1. The van der Waals surface area contributed by atoms with Crippen LogP contribution in [0.25, 0.3) is 6.08 Å². The molecular formula is C16H17N5O4S. The second-order valence-corrected chi connectivity index (χ2v) is 6.82. The Kier molecular flexibility index (Phi) is 5.21. The quantitative estimate of drug-likeness (QED) is 0.342. The third-order valence-corrected chi connectivity index (χ3v) is 4.82. The monoisotopic (exact) mass is 375 g/mol. The zero-order valence-electron chi connectivity index (χ0n) is 14.0. The zero-order chi connectivity index (χ0) is 18.7. The maximum atomic E-state index is 11.7. The van der Waals surface area contributed by atoms with Crippen LogP contribution in [0.5, 0.6) is 0 Å². The van der Waals surface area contributed by atoms with Crippen LogP contribution < -0.4 is 4.90 Å². The van der Waals surface area contributed by atoms with E-state index in [0.717, 1.165) is 43.4 Å². The minimum atomic E-state index is -1.14. The van der Waals surface area contributed by atoms with Gasteiger partial charge in [-0.3, -0.25) is 15.2 Å². The number of nitro groups is 1. The van der Waals surface area contributed by atoms with Crippen LogP contribution in [0.2, 0.25) is 0 Å². The van der Waals surface area contributed by atoms with Crippen molar-refractivity contribution in [2.24, 2.45) is 0 Å². The molecule has 2 heterocycles. The number of aryl methyl sites for hydroxylation is 1. The number of aromatic nitrogens is 3. The molecule has 3 rings (SSSR count). The highest BCUT2D eigenvalue weighted by Crippen LogP contribution is 2.33. The molecule has 10 heteroatoms. The van der Waals surface area contributed by atoms with Crippen LogP contribution in [0.3, 0.4) is 0 Å². The standard InChI is InChI=1S/C16H17N5O4S/c1-10-17-16(19-18-10)26-14(15(22)23)9-11-8-12(21(24)25)4-5-13(11)20-6-2-3-7-20/h4-5,8-9H,2-3,6-7H2,1H3,(H,22,23)(H,17,18,19)/b14-9+. The second kappa shape index (κ2) is 7.56. The van der Waals surface area contributed by atoms with Crippen LogP contribution in [-0.4, -0.2) is 44.3 Å². The van der Waals surface area contributed by atoms with Crippen molar-refractivity contribution in [2.45, 2.75) is 24.9 Å². The summed E-state index contributed by atoms with van der Waals surface area (Å²) in [4.78, 5) is 28.5. The topological polar surface area (TPSA) is 125 Å². The molecule has 1 saturated heterocycles. The number of carboxylic acid groups (broad SMARTS) is 1. The molecule has 0 radical (unpaired) electrons. The molecule has 0 aliphatic carbocycles. The number of hydrogen-bond donors (Lipinski definition) is 2. The molecule has 1 aliphatic rings. The van der Waals surface area contributed by atoms with E-state index in [2.05, 4.69) is 20.1 Å². The first-order chi connectivity index (χ1) is 12.4. The lowest BCUT2D eigenvalue weighted by molar-refractivity contribution is -0.384. The van der Waals surface area contributed by atoms with E-state index in [1.807, 2.05) is 0 Å². The molecule has 136 valence electrons. The number of hydrogen-bond acceptors (Lipinski definition) is 7. The summed E-state index contributed by atoms with van der Waals surface area (Å²) in [5.41, 5.74) is 1.21. The van der Waals surface area contributed by atoms with Crippen molar-refractivity contribution in [2.75, 3.05) is 18.0 Å². The van der Waals surface area contributed by atoms with E-state index < -0.39 is 10.9 Å². The average molecular weight is 375 g/mol. The van der Waals surface area contributed by atoms with Crippen LogP contribution in [0.15, 0.2) is 28.3 Å². The average Bonchev–Trinajstić information content (AvgIpc) is 3.26. The Morgan fingerprint density at radius 2 is 2.15 bits per heavy atom. The van der Waals surface area contributed by atoms with Gasteiger partial charge < -0.3 is 10.0 Å². The predicted molar refractivity (Wildman–Crippen MR) is 97.1 cm³/mol. The Hall–Kier alpha value is -2.88. The fourth-order valence-electron chi connectivity index (χ4n) is 2.76. The molecule has 0 bridgehead atoms. The van der Waals surface area contributed by atoms with Gasteiger partial charge in [-0.05, 0) is 43.7 Å². The van der Waals surface area contributed by atoms with Gasteiger partial charge in [0, 0.05) is 36.5 Å². The second-order valence-electron chi connectivity index (χ2n) is 5.81. The summed E-state index contributed by atoms with van der Waals surface area (Å²) in [6, 6.07) is 4.52. The van der Waals surface area contributed by atoms with Gasteiger partial charge in [-0.2, -0.15) is 0 Å². The SMILES string of the molecule is Cc1nc(S/C(=C/c2cc([N+](=O)[O-])ccc2N2CCCC2)C(=O)O)n[nH]1. The van der Waals surface area contributed by atoms with Gasteiger partial charge in [-0.1, -0.05) is 0 Å². The number of non-ortho nitro benzene ring substituents is 1. The van der Waals surface area contributed by atoms with E-state index in [1.165, 1.54) is 18.2 Å². The largest absolute Gasteiger partial charge is 0.477 e. The molecule has 0 atom stereocenters. The number of nitrogens with one attached hydrogen (secondary N) is 1. The van der Waals surface area contributed by atoms with Gasteiger partial charge in [-0.15, -0.1) is 5.10 Å². The van der Waals surface area contributed by atoms with Crippen molar-refractivity contribution >= 4 is 35.2 Å². The fourth-order valence-corrected chi connectivity index (χ4v) is 3.50. The van der Waals surface area contributed by atoms with Crippen LogP contribution in [-0.2, 0) is 4.79 Å². The molecule has 0 spiro atoms. The summed E-state index contributed by atoms with van der Waals surface area (Å²) >= 11 is 0.898. The first kappa shape index (κ1) is 17.9. The summed E-state index contributed by atoms with van der Waals surface area (Å²) in [7, 11) is 0. The molecular weight excluding hydrogens is 358 g/mol. The van der Waals surface area contributed by atoms with Gasteiger partial charge in [0.1, 0.15) is 10.7 Å². The van der Waals surface area contributed by atoms with Gasteiger partial charge in [0.15, 0.2) is 0 Å². The minimum Gasteiger partial charge on any atom is -0.477 e. The Labute approximate surface area is 153 Å². The molecule has 1 fully saturated rings. The summed E-state index contributed by atoms with van der Waals surface area (Å²) in [6.45, 7) is 3.40. The van der Waals surface area contributed by atoms with Crippen molar-refractivity contribution in [3.8, 4) is 0 Å². The minimum absolute atomic E-state index is 0.00931. The van der Waals surface area contributed by atoms with Crippen LogP contribution in [0.4, 0.5) is 11.4 Å². The lowest BCUT2D eigenvalue weighted by Crippen LogP contribution is -2.18. The number of nitro benzene ring substituents is 1. The summed E-state index contributed by atoms with van der Waals surface area (Å²) in [5, 5.41) is 27.5. The molecule has 2 N–H and O–H groups in total. The van der Waals surface area contributed by atoms with Crippen LogP contribution in [0, 0.1) is 17.0 Å². The Morgan fingerprint density at radius 3 is 2.73 bits per heavy atom. The molecule has 1 aromatic heterocycles. The first-order valence-electron chi connectivity index (χ1n) is 7.99. The molecule has 1 aliphatic heterocycles. The lowest BCUT2D eigenvalue weighted by atomic mass is 10.1. The molecule has 0 unspecified atom stereocenters. The number of H-pyrrole nitrogens is 1. The maximum absolute atomic E-state index is 11.7. The van der Waals surface area contributed by atoms with E-state index in [4.69, 9.17) is 0 Å². The number of nitrogens with zero attached hydrogens (tertiary/aromatic N) is 4. The number of carbonyl (C=O) groups is 1. The Balaban J connectivity index is 2.02. The van der Waals surface area contributed by atoms with Crippen molar-refractivity contribution in [3.63, 3.8) is 0 Å². The van der Waals surface area contributed by atoms with E-state index in [1.54, 1.807) is 13.0 Å². The number of carboxylic acids is 1. The first-order valence-corrected chi connectivity index (χ1v) is 8.81. The van der Waals surface area contributed by atoms with Crippen LogP contribution >= 0.6 is 11.8 Å². The lowest BCUT2D eigenvalue weighted by Gasteiger charge is -2.20. The van der Waals surface area contributed by atoms with Crippen molar-refractivity contribution < 1.29 is 14.8 Å². The molecule has 2 aromatic rings. The van der Waals surface area contributed by atoms with E-state index >= 15 is 0 Å². The zero-order valence-corrected chi connectivity index (χ0v) is 14.8. The van der Waals surface area contributed by atoms with Crippen molar-refractivity contribution in [3.05, 3.63) is 44.6 Å². The highest BCUT2D eigenvalue weighted by atomic mass is 32.2. The highest BCUT2D eigenvalue weighted by Gasteiger charge is 2.20. The van der Waals surface area contributed by atoms with E-state index in [-0.39, 0.29) is 15.7 Å². The summed E-state index contributed by atoms with van der Waals surface area (Å²) in [5.74, 6) is -0.568. The van der Waals surface area contributed by atoms with Gasteiger partial charge in [-0.25, -0.2) is 9.78 Å². The third-order valence-electron chi connectivity index (χ3n) is 3.94. The van der Waals surface area contributed by atoms with E-state index in [9.17, 15) is 20.0 Å². The Morgan fingerprint density at radius 1 is 1.42 bits per heavy atom. The number of aromatic amines is 1. The molecule has 0 saturated carbocycles. The number of anilines is 1. The number of thioether (sulfide) groups is 1. The van der Waals surface area contributed by atoms with E-state index in [0.29, 0.717) is 11.4 Å². The van der Waals surface area contributed by atoms with Gasteiger partial charge in [0.25, 0.3) is 5.69 Å².